The maximum Gasteiger partial charge on any atom is 0.261 e. The minimum atomic E-state index is -0.211. The van der Waals surface area contributed by atoms with Crippen LogP contribution in [0.25, 0.3) is 10.2 Å². The molecule has 4 nitrogen and oxygen atoms in total. The lowest BCUT2D eigenvalue weighted by Crippen LogP contribution is -2.26. The number of carbonyl (C=O) groups excluding carboxylic acids is 1. The molecule has 0 unspecified atom stereocenters. The fraction of sp³-hybridized carbons (Fsp3) is 0.250. The van der Waals surface area contributed by atoms with Gasteiger partial charge in [-0.3, -0.25) is 9.48 Å². The zero-order valence-corrected chi connectivity index (χ0v) is 15.2. The molecule has 3 rings (SSSR count). The predicted octanol–water partition coefficient (Wildman–Crippen LogP) is 4.74. The van der Waals surface area contributed by atoms with Gasteiger partial charge < -0.3 is 5.32 Å². The van der Waals surface area contributed by atoms with Gasteiger partial charge in [0.05, 0.1) is 16.6 Å². The monoisotopic (exact) mass is 367 g/mol. The van der Waals surface area contributed by atoms with Gasteiger partial charge in [0.15, 0.2) is 0 Å². The van der Waals surface area contributed by atoms with Crippen molar-refractivity contribution in [2.45, 2.75) is 19.9 Å². The fourth-order valence-corrected chi connectivity index (χ4v) is 4.11. The molecule has 0 aliphatic rings. The van der Waals surface area contributed by atoms with Crippen molar-refractivity contribution in [1.82, 2.24) is 15.1 Å². The Balaban J connectivity index is 1.83. The minimum Gasteiger partial charge on any atom is -0.345 e. The van der Waals surface area contributed by atoms with Gasteiger partial charge in [-0.1, -0.05) is 29.3 Å². The number of rotatable bonds is 3. The maximum atomic E-state index is 12.5. The number of benzene rings is 1. The molecule has 0 aliphatic carbocycles. The predicted molar refractivity (Wildman–Crippen MR) is 95.7 cm³/mol. The Bertz CT molecular complexity index is 866. The van der Waals surface area contributed by atoms with Crippen molar-refractivity contribution in [3.8, 4) is 0 Å². The molecular formula is C16H15Cl2N3OS. The zero-order valence-electron chi connectivity index (χ0n) is 12.9. The van der Waals surface area contributed by atoms with E-state index in [0.29, 0.717) is 14.9 Å². The van der Waals surface area contributed by atoms with E-state index in [0.717, 1.165) is 21.5 Å². The van der Waals surface area contributed by atoms with E-state index in [1.807, 2.05) is 33.0 Å². The van der Waals surface area contributed by atoms with E-state index in [1.54, 1.807) is 16.8 Å². The van der Waals surface area contributed by atoms with Crippen LogP contribution in [0.15, 0.2) is 24.3 Å². The van der Waals surface area contributed by atoms with E-state index >= 15 is 0 Å². The number of aromatic nitrogens is 2. The number of fused-ring (bicyclic) bond motifs is 1. The summed E-state index contributed by atoms with van der Waals surface area (Å²) >= 11 is 13.5. The number of thiophene rings is 1. The number of nitrogens with one attached hydrogen (secondary N) is 1. The minimum absolute atomic E-state index is 0.121. The highest BCUT2D eigenvalue weighted by molar-refractivity contribution is 7.20. The Morgan fingerprint density at radius 2 is 2.09 bits per heavy atom. The lowest BCUT2D eigenvalue weighted by Gasteiger charge is -2.15. The Morgan fingerprint density at radius 3 is 2.74 bits per heavy atom. The number of amides is 1. The SMILES string of the molecule is Cc1nn(C)c2sc(C(=O)N[C@H](C)c3ccc(Cl)cc3Cl)cc12. The average Bonchev–Trinajstić information content (AvgIpc) is 3.01. The molecule has 23 heavy (non-hydrogen) atoms. The molecule has 0 spiro atoms. The first-order valence-electron chi connectivity index (χ1n) is 7.05. The van der Waals surface area contributed by atoms with Crippen LogP contribution >= 0.6 is 34.5 Å². The highest BCUT2D eigenvalue weighted by Crippen LogP contribution is 2.29. The van der Waals surface area contributed by atoms with Crippen LogP contribution in [0.5, 0.6) is 0 Å². The van der Waals surface area contributed by atoms with Crippen molar-refractivity contribution >= 4 is 50.7 Å². The van der Waals surface area contributed by atoms with E-state index in [9.17, 15) is 4.79 Å². The van der Waals surface area contributed by atoms with E-state index in [1.165, 1.54) is 11.3 Å². The van der Waals surface area contributed by atoms with Crippen LogP contribution in [0.3, 0.4) is 0 Å². The molecule has 0 saturated heterocycles. The zero-order chi connectivity index (χ0) is 16.7. The van der Waals surface area contributed by atoms with Gasteiger partial charge in [0, 0.05) is 22.5 Å². The molecule has 0 aliphatic heterocycles. The number of aryl methyl sites for hydroxylation is 2. The highest BCUT2D eigenvalue weighted by Gasteiger charge is 2.18. The number of halogens is 2. The van der Waals surface area contributed by atoms with E-state index < -0.39 is 0 Å². The van der Waals surface area contributed by atoms with Crippen LogP contribution in [0.1, 0.15) is 33.9 Å². The fourth-order valence-electron chi connectivity index (χ4n) is 2.52. The topological polar surface area (TPSA) is 46.9 Å². The summed E-state index contributed by atoms with van der Waals surface area (Å²) in [6.07, 6.45) is 0. The summed E-state index contributed by atoms with van der Waals surface area (Å²) in [5, 5.41) is 9.45. The third kappa shape index (κ3) is 3.09. The number of hydrogen-bond donors (Lipinski definition) is 1. The van der Waals surface area contributed by atoms with Gasteiger partial charge in [-0.2, -0.15) is 5.10 Å². The molecule has 1 atom stereocenters. The Kier molecular flexibility index (Phi) is 4.36. The summed E-state index contributed by atoms with van der Waals surface area (Å²) in [5.41, 5.74) is 1.76. The largest absolute Gasteiger partial charge is 0.345 e. The lowest BCUT2D eigenvalue weighted by atomic mass is 10.1. The summed E-state index contributed by atoms with van der Waals surface area (Å²) < 4.78 is 1.80. The van der Waals surface area contributed by atoms with Crippen molar-refractivity contribution in [3.63, 3.8) is 0 Å². The molecule has 0 fully saturated rings. The van der Waals surface area contributed by atoms with Gasteiger partial charge >= 0.3 is 0 Å². The van der Waals surface area contributed by atoms with Gasteiger partial charge in [-0.05, 0) is 37.6 Å². The second-order valence-corrected chi connectivity index (χ2v) is 7.27. The Hall–Kier alpha value is -1.56. The summed E-state index contributed by atoms with van der Waals surface area (Å²) in [6.45, 7) is 3.83. The molecule has 0 radical (unpaired) electrons. The molecule has 0 bridgehead atoms. The van der Waals surface area contributed by atoms with Crippen LogP contribution in [-0.2, 0) is 7.05 Å². The van der Waals surface area contributed by atoms with Gasteiger partial charge in [0.2, 0.25) is 0 Å². The van der Waals surface area contributed by atoms with Crippen molar-refractivity contribution in [3.05, 3.63) is 50.4 Å². The number of nitrogens with zero attached hydrogens (tertiary/aromatic N) is 2. The van der Waals surface area contributed by atoms with Gasteiger partial charge in [0.1, 0.15) is 4.83 Å². The number of carbonyl (C=O) groups is 1. The van der Waals surface area contributed by atoms with Gasteiger partial charge in [-0.25, -0.2) is 0 Å². The molecule has 0 saturated carbocycles. The quantitative estimate of drug-likeness (QED) is 0.726. The van der Waals surface area contributed by atoms with Crippen molar-refractivity contribution in [2.24, 2.45) is 7.05 Å². The standard InChI is InChI=1S/C16H15Cl2N3OS/c1-8(11-5-4-10(17)6-13(11)18)19-15(22)14-7-12-9(2)20-21(3)16(12)23-14/h4-8H,1-3H3,(H,19,22)/t8-/m1/s1. The van der Waals surface area contributed by atoms with Crippen molar-refractivity contribution in [1.29, 1.82) is 0 Å². The molecule has 1 aromatic carbocycles. The maximum absolute atomic E-state index is 12.5. The molecule has 7 heteroatoms. The molecule has 2 heterocycles. The second kappa shape index (κ2) is 6.15. The van der Waals surface area contributed by atoms with Crippen LogP contribution < -0.4 is 5.32 Å². The molecule has 2 aromatic heterocycles. The van der Waals surface area contributed by atoms with Crippen LogP contribution in [0.4, 0.5) is 0 Å². The summed E-state index contributed by atoms with van der Waals surface area (Å²) in [4.78, 5) is 14.1. The highest BCUT2D eigenvalue weighted by atomic mass is 35.5. The van der Waals surface area contributed by atoms with Crippen LogP contribution in [0.2, 0.25) is 10.0 Å². The number of hydrogen-bond acceptors (Lipinski definition) is 3. The summed E-state index contributed by atoms with van der Waals surface area (Å²) in [7, 11) is 1.88. The van der Waals surface area contributed by atoms with Crippen molar-refractivity contribution < 1.29 is 4.79 Å². The Labute approximate surface area is 148 Å². The summed E-state index contributed by atoms with van der Waals surface area (Å²) in [6, 6.07) is 6.94. The first kappa shape index (κ1) is 16.3. The van der Waals surface area contributed by atoms with E-state index in [4.69, 9.17) is 23.2 Å². The molecule has 1 N–H and O–H groups in total. The van der Waals surface area contributed by atoms with Crippen LogP contribution in [-0.4, -0.2) is 15.7 Å². The normalized spacial score (nSPS) is 12.6. The van der Waals surface area contributed by atoms with Gasteiger partial charge in [-0.15, -0.1) is 11.3 Å². The second-order valence-electron chi connectivity index (χ2n) is 5.40. The third-order valence-electron chi connectivity index (χ3n) is 3.70. The van der Waals surface area contributed by atoms with Crippen molar-refractivity contribution in [2.75, 3.05) is 0 Å². The van der Waals surface area contributed by atoms with E-state index in [2.05, 4.69) is 10.4 Å². The summed E-state index contributed by atoms with van der Waals surface area (Å²) in [5.74, 6) is -0.121. The Morgan fingerprint density at radius 1 is 1.35 bits per heavy atom. The first-order chi connectivity index (χ1) is 10.9. The molecule has 3 aromatic rings. The van der Waals surface area contributed by atoms with Crippen LogP contribution in [0, 0.1) is 6.92 Å². The average molecular weight is 368 g/mol. The first-order valence-corrected chi connectivity index (χ1v) is 8.63. The molecular weight excluding hydrogens is 353 g/mol. The molecule has 120 valence electrons. The molecule has 1 amide bonds. The lowest BCUT2D eigenvalue weighted by molar-refractivity contribution is 0.0944. The third-order valence-corrected chi connectivity index (χ3v) is 5.46. The van der Waals surface area contributed by atoms with Gasteiger partial charge in [0.25, 0.3) is 5.91 Å². The van der Waals surface area contributed by atoms with E-state index in [-0.39, 0.29) is 11.9 Å². The smallest absolute Gasteiger partial charge is 0.261 e.